The summed E-state index contributed by atoms with van der Waals surface area (Å²) in [5, 5.41) is 5.35. The van der Waals surface area contributed by atoms with Crippen LogP contribution in [0.2, 0.25) is 10.0 Å². The van der Waals surface area contributed by atoms with Gasteiger partial charge in [0.2, 0.25) is 0 Å². The van der Waals surface area contributed by atoms with Gasteiger partial charge < -0.3 is 10.1 Å². The lowest BCUT2D eigenvalue weighted by atomic mass is 10.1. The quantitative estimate of drug-likeness (QED) is 0.350. The van der Waals surface area contributed by atoms with Crippen molar-refractivity contribution in [2.75, 3.05) is 16.8 Å². The molecule has 1 aliphatic heterocycles. The lowest BCUT2D eigenvalue weighted by Gasteiger charge is -2.26. The molecule has 0 aromatic heterocycles. The van der Waals surface area contributed by atoms with Crippen molar-refractivity contribution in [2.24, 2.45) is 0 Å². The van der Waals surface area contributed by atoms with Crippen LogP contribution in [-0.4, -0.2) is 30.4 Å². The monoisotopic (exact) mass is 523 g/mol. The first-order valence-electron chi connectivity index (χ1n) is 10.7. The summed E-state index contributed by atoms with van der Waals surface area (Å²) in [6, 6.07) is 17.1. The van der Waals surface area contributed by atoms with Crippen LogP contribution in [0.5, 0.6) is 5.75 Å². The molecule has 2 N–H and O–H groups in total. The van der Waals surface area contributed by atoms with Crippen LogP contribution in [0, 0.1) is 6.92 Å². The number of hydrogen-bond acceptors (Lipinski definition) is 5. The highest BCUT2D eigenvalue weighted by Gasteiger charge is 2.36. The minimum Gasteiger partial charge on any atom is -0.482 e. The maximum Gasteiger partial charge on any atom is 0.335 e. The minimum atomic E-state index is -0.880. The van der Waals surface area contributed by atoms with Crippen molar-refractivity contribution < 1.29 is 23.9 Å². The molecule has 1 heterocycles. The number of barbiturate groups is 1. The molecule has 36 heavy (non-hydrogen) atoms. The Labute approximate surface area is 216 Å². The van der Waals surface area contributed by atoms with E-state index in [0.717, 1.165) is 10.5 Å². The molecule has 10 heteroatoms. The van der Waals surface area contributed by atoms with E-state index in [1.807, 2.05) is 19.1 Å². The maximum absolute atomic E-state index is 13.0. The second-order valence-electron chi connectivity index (χ2n) is 7.83. The Kier molecular flexibility index (Phi) is 7.38. The zero-order valence-electron chi connectivity index (χ0n) is 18.9. The third kappa shape index (κ3) is 5.73. The third-order valence-corrected chi connectivity index (χ3v) is 5.66. The Morgan fingerprint density at radius 1 is 1.03 bits per heavy atom. The van der Waals surface area contributed by atoms with Gasteiger partial charge in [-0.3, -0.25) is 19.7 Å². The van der Waals surface area contributed by atoms with Crippen LogP contribution < -0.4 is 20.3 Å². The van der Waals surface area contributed by atoms with Crippen LogP contribution in [0.25, 0.3) is 6.08 Å². The maximum atomic E-state index is 13.0. The number of nitrogens with zero attached hydrogens (tertiary/aromatic N) is 1. The number of nitrogens with one attached hydrogen (secondary N) is 2. The van der Waals surface area contributed by atoms with Crippen LogP contribution in [0.15, 0.2) is 72.3 Å². The van der Waals surface area contributed by atoms with E-state index < -0.39 is 17.8 Å². The molecule has 5 amide bonds. The second-order valence-corrected chi connectivity index (χ2v) is 8.67. The number of anilines is 2. The number of aryl methyl sites for hydroxylation is 1. The number of benzene rings is 3. The number of urea groups is 1. The molecular weight excluding hydrogens is 505 g/mol. The van der Waals surface area contributed by atoms with Crippen molar-refractivity contribution in [3.63, 3.8) is 0 Å². The van der Waals surface area contributed by atoms with Gasteiger partial charge in [0.15, 0.2) is 6.61 Å². The van der Waals surface area contributed by atoms with Crippen molar-refractivity contribution in [3.05, 3.63) is 93.5 Å². The van der Waals surface area contributed by atoms with Crippen molar-refractivity contribution in [1.29, 1.82) is 0 Å². The fraction of sp³-hybridized carbons (Fsp3) is 0.0769. The first-order chi connectivity index (χ1) is 17.2. The third-order valence-electron chi connectivity index (χ3n) is 5.13. The van der Waals surface area contributed by atoms with Crippen molar-refractivity contribution in [2.45, 2.75) is 6.92 Å². The summed E-state index contributed by atoms with van der Waals surface area (Å²) in [6.07, 6.45) is 1.31. The standard InChI is InChI=1S/C26H19Cl2N3O5/c1-15-5-8-18(9-6-15)29-23(32)14-36-22-10-7-16(12-21(22)28)11-20-24(33)30-26(35)31(25(20)34)19-4-2-3-17(27)13-19/h2-13H,14H2,1H3,(H,29,32)(H,30,33,35)/b20-11+. The van der Waals surface area contributed by atoms with Gasteiger partial charge in [-0.05, 0) is 61.0 Å². The van der Waals surface area contributed by atoms with Gasteiger partial charge in [-0.25, -0.2) is 9.69 Å². The fourth-order valence-corrected chi connectivity index (χ4v) is 3.80. The summed E-state index contributed by atoms with van der Waals surface area (Å²) < 4.78 is 5.51. The van der Waals surface area contributed by atoms with E-state index in [2.05, 4.69) is 10.6 Å². The summed E-state index contributed by atoms with van der Waals surface area (Å²) >= 11 is 12.3. The Morgan fingerprint density at radius 2 is 1.78 bits per heavy atom. The van der Waals surface area contributed by atoms with E-state index in [1.165, 1.54) is 30.3 Å². The van der Waals surface area contributed by atoms with E-state index in [0.29, 0.717) is 16.3 Å². The summed E-state index contributed by atoms with van der Waals surface area (Å²) in [5.41, 5.74) is 2.08. The molecule has 1 fully saturated rings. The highest BCUT2D eigenvalue weighted by molar-refractivity contribution is 6.39. The van der Waals surface area contributed by atoms with E-state index in [9.17, 15) is 19.2 Å². The van der Waals surface area contributed by atoms with E-state index >= 15 is 0 Å². The topological polar surface area (TPSA) is 105 Å². The molecule has 182 valence electrons. The average Bonchev–Trinajstić information content (AvgIpc) is 2.82. The number of imide groups is 2. The molecule has 1 saturated heterocycles. The Hall–Kier alpha value is -4.14. The number of carbonyl (C=O) groups is 4. The van der Waals surface area contributed by atoms with Gasteiger partial charge in [-0.1, -0.05) is 53.0 Å². The van der Waals surface area contributed by atoms with Crippen molar-refractivity contribution in [1.82, 2.24) is 5.32 Å². The Morgan fingerprint density at radius 3 is 2.47 bits per heavy atom. The zero-order chi connectivity index (χ0) is 25.8. The van der Waals surface area contributed by atoms with Crippen LogP contribution in [0.4, 0.5) is 16.2 Å². The molecular formula is C26H19Cl2N3O5. The van der Waals surface area contributed by atoms with Crippen LogP contribution in [0.3, 0.4) is 0 Å². The molecule has 3 aromatic rings. The highest BCUT2D eigenvalue weighted by atomic mass is 35.5. The van der Waals surface area contributed by atoms with E-state index in [4.69, 9.17) is 27.9 Å². The van der Waals surface area contributed by atoms with Gasteiger partial charge in [-0.15, -0.1) is 0 Å². The van der Waals surface area contributed by atoms with Gasteiger partial charge in [0.05, 0.1) is 10.7 Å². The normalized spacial score (nSPS) is 14.6. The van der Waals surface area contributed by atoms with Gasteiger partial charge in [-0.2, -0.15) is 0 Å². The van der Waals surface area contributed by atoms with Crippen LogP contribution in [0.1, 0.15) is 11.1 Å². The van der Waals surface area contributed by atoms with Crippen LogP contribution in [-0.2, 0) is 14.4 Å². The number of ether oxygens (including phenoxy) is 1. The largest absolute Gasteiger partial charge is 0.482 e. The number of amides is 5. The summed E-state index contributed by atoms with van der Waals surface area (Å²) in [7, 11) is 0. The molecule has 0 unspecified atom stereocenters. The Balaban J connectivity index is 1.47. The zero-order valence-corrected chi connectivity index (χ0v) is 20.4. The predicted molar refractivity (Wildman–Crippen MR) is 137 cm³/mol. The molecule has 8 nitrogen and oxygen atoms in total. The van der Waals surface area contributed by atoms with Gasteiger partial charge in [0.25, 0.3) is 17.7 Å². The summed E-state index contributed by atoms with van der Waals surface area (Å²) in [6.45, 7) is 1.67. The van der Waals surface area contributed by atoms with Crippen molar-refractivity contribution >= 4 is 64.4 Å². The van der Waals surface area contributed by atoms with Crippen LogP contribution >= 0.6 is 23.2 Å². The molecule has 0 bridgehead atoms. The number of halogens is 2. The number of hydrogen-bond donors (Lipinski definition) is 2. The average molecular weight is 524 g/mol. The molecule has 0 spiro atoms. The van der Waals surface area contributed by atoms with Gasteiger partial charge in [0.1, 0.15) is 11.3 Å². The van der Waals surface area contributed by atoms with Crippen molar-refractivity contribution in [3.8, 4) is 5.75 Å². The summed E-state index contributed by atoms with van der Waals surface area (Å²) in [5.74, 6) is -1.77. The number of carbonyl (C=O) groups excluding carboxylic acids is 4. The molecule has 3 aromatic carbocycles. The second kappa shape index (κ2) is 10.6. The molecule has 0 atom stereocenters. The summed E-state index contributed by atoms with van der Waals surface area (Å²) in [4.78, 5) is 50.7. The lowest BCUT2D eigenvalue weighted by Crippen LogP contribution is -2.54. The van der Waals surface area contributed by atoms with E-state index in [-0.39, 0.29) is 34.5 Å². The van der Waals surface area contributed by atoms with Gasteiger partial charge >= 0.3 is 6.03 Å². The lowest BCUT2D eigenvalue weighted by molar-refractivity contribution is -0.122. The van der Waals surface area contributed by atoms with Gasteiger partial charge in [0, 0.05) is 10.7 Å². The Bertz CT molecular complexity index is 1400. The molecule has 0 saturated carbocycles. The molecule has 1 aliphatic rings. The van der Waals surface area contributed by atoms with E-state index in [1.54, 1.807) is 30.3 Å². The molecule has 0 aliphatic carbocycles. The predicted octanol–water partition coefficient (Wildman–Crippen LogP) is 4.99. The fourth-order valence-electron chi connectivity index (χ4n) is 3.38. The minimum absolute atomic E-state index is 0.166. The first kappa shape index (κ1) is 25.0. The number of rotatable bonds is 6. The highest BCUT2D eigenvalue weighted by Crippen LogP contribution is 2.28. The first-order valence-corrected chi connectivity index (χ1v) is 11.4. The molecule has 4 rings (SSSR count). The smallest absolute Gasteiger partial charge is 0.335 e. The SMILES string of the molecule is Cc1ccc(NC(=O)COc2ccc(/C=C3\C(=O)NC(=O)N(c4cccc(Cl)c4)C3=O)cc2Cl)cc1. The molecule has 0 radical (unpaired) electrons.